The maximum absolute atomic E-state index is 11.8. The Labute approximate surface area is 138 Å². The summed E-state index contributed by atoms with van der Waals surface area (Å²) in [6, 6.07) is 16.3. The van der Waals surface area contributed by atoms with Crippen molar-refractivity contribution in [2.45, 2.75) is 31.9 Å². The summed E-state index contributed by atoms with van der Waals surface area (Å²) in [6.45, 7) is 0.529. The third-order valence-electron chi connectivity index (χ3n) is 3.54. The molecule has 4 heteroatoms. The summed E-state index contributed by atoms with van der Waals surface area (Å²) >= 11 is 3.52. The van der Waals surface area contributed by atoms with Crippen LogP contribution in [0.3, 0.4) is 0 Å². The Morgan fingerprint density at radius 2 is 1.91 bits per heavy atom. The second-order valence-corrected chi connectivity index (χ2v) is 6.41. The lowest BCUT2D eigenvalue weighted by molar-refractivity contribution is -0.120. The molecule has 0 aliphatic heterocycles. The highest BCUT2D eigenvalue weighted by Crippen LogP contribution is 2.27. The van der Waals surface area contributed by atoms with Gasteiger partial charge in [-0.05, 0) is 52.0 Å². The molecule has 1 fully saturated rings. The number of halogens is 1. The molecule has 0 atom stereocenters. The van der Waals surface area contributed by atoms with E-state index in [0.717, 1.165) is 34.2 Å². The van der Waals surface area contributed by atoms with E-state index in [1.54, 1.807) is 0 Å². The summed E-state index contributed by atoms with van der Waals surface area (Å²) in [7, 11) is 0. The molecular weight excluding hydrogens is 342 g/mol. The molecule has 2 aromatic rings. The van der Waals surface area contributed by atoms with Gasteiger partial charge in [-0.25, -0.2) is 0 Å². The Morgan fingerprint density at radius 1 is 1.14 bits per heavy atom. The van der Waals surface area contributed by atoms with Gasteiger partial charge in [-0.15, -0.1) is 0 Å². The van der Waals surface area contributed by atoms with Crippen LogP contribution in [0.4, 0.5) is 0 Å². The molecule has 2 aromatic carbocycles. The van der Waals surface area contributed by atoms with E-state index in [-0.39, 0.29) is 5.91 Å². The molecule has 114 valence electrons. The normalized spacial score (nSPS) is 13.7. The van der Waals surface area contributed by atoms with Crippen molar-refractivity contribution in [3.8, 4) is 5.75 Å². The van der Waals surface area contributed by atoms with Crippen molar-refractivity contribution in [2.24, 2.45) is 0 Å². The average Bonchev–Trinajstić information content (AvgIpc) is 3.31. The minimum absolute atomic E-state index is 0.0901. The van der Waals surface area contributed by atoms with Crippen LogP contribution in [0.1, 0.15) is 24.0 Å². The highest BCUT2D eigenvalue weighted by molar-refractivity contribution is 9.10. The van der Waals surface area contributed by atoms with Crippen LogP contribution in [-0.4, -0.2) is 11.9 Å². The van der Waals surface area contributed by atoms with Crippen molar-refractivity contribution in [3.63, 3.8) is 0 Å². The number of hydrogen-bond donors (Lipinski definition) is 1. The zero-order valence-electron chi connectivity index (χ0n) is 12.2. The van der Waals surface area contributed by atoms with Gasteiger partial charge in [0.15, 0.2) is 0 Å². The SMILES string of the molecule is O=C(Cc1ccc(OCc2ccccc2)c(Br)c1)NC1CC1. The van der Waals surface area contributed by atoms with Gasteiger partial charge in [0.2, 0.25) is 5.91 Å². The first-order valence-corrected chi connectivity index (χ1v) is 8.24. The number of carbonyl (C=O) groups is 1. The lowest BCUT2D eigenvalue weighted by Crippen LogP contribution is -2.26. The van der Waals surface area contributed by atoms with E-state index in [0.29, 0.717) is 19.1 Å². The number of ether oxygens (including phenoxy) is 1. The highest BCUT2D eigenvalue weighted by atomic mass is 79.9. The van der Waals surface area contributed by atoms with Crippen LogP contribution >= 0.6 is 15.9 Å². The quantitative estimate of drug-likeness (QED) is 0.850. The molecular formula is C18H18BrNO2. The van der Waals surface area contributed by atoms with Gasteiger partial charge >= 0.3 is 0 Å². The first kappa shape index (κ1) is 15.1. The molecule has 1 aliphatic rings. The second-order valence-electron chi connectivity index (χ2n) is 5.56. The van der Waals surface area contributed by atoms with Gasteiger partial charge in [0.05, 0.1) is 10.9 Å². The second kappa shape index (κ2) is 6.97. The number of nitrogens with one attached hydrogen (secondary N) is 1. The van der Waals surface area contributed by atoms with E-state index in [4.69, 9.17) is 4.74 Å². The van der Waals surface area contributed by atoms with Gasteiger partial charge in [-0.3, -0.25) is 4.79 Å². The maximum Gasteiger partial charge on any atom is 0.224 e. The zero-order valence-corrected chi connectivity index (χ0v) is 13.8. The summed E-state index contributed by atoms with van der Waals surface area (Å²) in [4.78, 5) is 11.8. The molecule has 0 bridgehead atoms. The van der Waals surface area contributed by atoms with Crippen molar-refractivity contribution < 1.29 is 9.53 Å². The van der Waals surface area contributed by atoms with Gasteiger partial charge in [-0.1, -0.05) is 36.4 Å². The smallest absolute Gasteiger partial charge is 0.224 e. The van der Waals surface area contributed by atoms with Gasteiger partial charge < -0.3 is 10.1 Å². The molecule has 1 N–H and O–H groups in total. The molecule has 0 aromatic heterocycles. The van der Waals surface area contributed by atoms with Gasteiger partial charge in [0.1, 0.15) is 12.4 Å². The molecule has 3 nitrogen and oxygen atoms in total. The molecule has 0 unspecified atom stereocenters. The van der Waals surface area contributed by atoms with E-state index in [1.807, 2.05) is 48.5 Å². The molecule has 0 saturated heterocycles. The van der Waals surface area contributed by atoms with Crippen molar-refractivity contribution in [1.82, 2.24) is 5.32 Å². The van der Waals surface area contributed by atoms with E-state index >= 15 is 0 Å². The molecule has 22 heavy (non-hydrogen) atoms. The Kier molecular flexibility index (Phi) is 4.78. The van der Waals surface area contributed by atoms with Crippen molar-refractivity contribution in [2.75, 3.05) is 0 Å². The third-order valence-corrected chi connectivity index (χ3v) is 4.16. The first-order valence-electron chi connectivity index (χ1n) is 7.45. The molecule has 1 amide bonds. The monoisotopic (exact) mass is 359 g/mol. The standard InChI is InChI=1S/C18H18BrNO2/c19-16-10-14(11-18(21)20-15-7-8-15)6-9-17(16)22-12-13-4-2-1-3-5-13/h1-6,9-10,15H,7-8,11-12H2,(H,20,21). The fourth-order valence-corrected chi connectivity index (χ4v) is 2.74. The predicted molar refractivity (Wildman–Crippen MR) is 89.8 cm³/mol. The Bertz CT molecular complexity index is 653. The summed E-state index contributed by atoms with van der Waals surface area (Å²) in [5.41, 5.74) is 2.11. The van der Waals surface area contributed by atoms with Crippen LogP contribution in [-0.2, 0) is 17.8 Å². The summed E-state index contributed by atoms with van der Waals surface area (Å²) in [5, 5.41) is 3.00. The van der Waals surface area contributed by atoms with Crippen LogP contribution < -0.4 is 10.1 Å². The largest absolute Gasteiger partial charge is 0.488 e. The van der Waals surface area contributed by atoms with Crippen LogP contribution in [0.25, 0.3) is 0 Å². The topological polar surface area (TPSA) is 38.3 Å². The van der Waals surface area contributed by atoms with E-state index in [1.165, 1.54) is 0 Å². The third kappa shape index (κ3) is 4.34. The summed E-state index contributed by atoms with van der Waals surface area (Å²) in [5.74, 6) is 0.877. The number of benzene rings is 2. The van der Waals surface area contributed by atoms with Crippen LogP contribution in [0, 0.1) is 0 Å². The van der Waals surface area contributed by atoms with Crippen molar-refractivity contribution >= 4 is 21.8 Å². The number of amides is 1. The lowest BCUT2D eigenvalue weighted by atomic mass is 10.1. The molecule has 0 heterocycles. The van der Waals surface area contributed by atoms with Gasteiger partial charge in [-0.2, -0.15) is 0 Å². The fraction of sp³-hybridized carbons (Fsp3) is 0.278. The number of rotatable bonds is 6. The Hall–Kier alpha value is -1.81. The first-order chi connectivity index (χ1) is 10.7. The van der Waals surface area contributed by atoms with Crippen molar-refractivity contribution in [1.29, 1.82) is 0 Å². The Morgan fingerprint density at radius 3 is 2.59 bits per heavy atom. The molecule has 0 spiro atoms. The van der Waals surface area contributed by atoms with E-state index in [9.17, 15) is 4.79 Å². The van der Waals surface area contributed by atoms with E-state index in [2.05, 4.69) is 21.2 Å². The van der Waals surface area contributed by atoms with Crippen LogP contribution in [0.2, 0.25) is 0 Å². The maximum atomic E-state index is 11.8. The summed E-state index contributed by atoms with van der Waals surface area (Å²) < 4.78 is 6.69. The average molecular weight is 360 g/mol. The minimum atomic E-state index is 0.0901. The zero-order chi connectivity index (χ0) is 15.4. The summed E-state index contributed by atoms with van der Waals surface area (Å²) in [6.07, 6.45) is 2.64. The molecule has 3 rings (SSSR count). The fourth-order valence-electron chi connectivity index (χ4n) is 2.20. The lowest BCUT2D eigenvalue weighted by Gasteiger charge is -2.10. The van der Waals surface area contributed by atoms with Gasteiger partial charge in [0, 0.05) is 6.04 Å². The predicted octanol–water partition coefficient (Wildman–Crippen LogP) is 3.85. The number of hydrogen-bond acceptors (Lipinski definition) is 2. The van der Waals surface area contributed by atoms with E-state index < -0.39 is 0 Å². The molecule has 1 aliphatic carbocycles. The van der Waals surface area contributed by atoms with Crippen LogP contribution in [0.5, 0.6) is 5.75 Å². The molecule has 1 saturated carbocycles. The number of carbonyl (C=O) groups excluding carboxylic acids is 1. The van der Waals surface area contributed by atoms with Crippen LogP contribution in [0.15, 0.2) is 53.0 Å². The Balaban J connectivity index is 1.58. The van der Waals surface area contributed by atoms with Crippen molar-refractivity contribution in [3.05, 3.63) is 64.1 Å². The van der Waals surface area contributed by atoms with Gasteiger partial charge in [0.25, 0.3) is 0 Å². The highest BCUT2D eigenvalue weighted by Gasteiger charge is 2.23. The molecule has 0 radical (unpaired) electrons. The minimum Gasteiger partial charge on any atom is -0.488 e.